The molecule has 2 aromatic carbocycles. The van der Waals surface area contributed by atoms with Crippen molar-refractivity contribution >= 4 is 33.1 Å². The summed E-state index contributed by atoms with van der Waals surface area (Å²) in [7, 11) is -3.34. The van der Waals surface area contributed by atoms with Crippen molar-refractivity contribution in [3.8, 4) is 0 Å². The number of rotatable bonds is 3. The molecule has 0 unspecified atom stereocenters. The van der Waals surface area contributed by atoms with Crippen LogP contribution in [0.4, 0.5) is 35.0 Å². The van der Waals surface area contributed by atoms with Gasteiger partial charge in [-0.2, -0.15) is 13.2 Å². The summed E-state index contributed by atoms with van der Waals surface area (Å²) in [5, 5.41) is 4.96. The Morgan fingerprint density at radius 2 is 1.67 bits per heavy atom. The van der Waals surface area contributed by atoms with Gasteiger partial charge >= 0.3 is 12.2 Å². The van der Waals surface area contributed by atoms with Crippen molar-refractivity contribution in [2.24, 2.45) is 0 Å². The van der Waals surface area contributed by atoms with Gasteiger partial charge in [-0.25, -0.2) is 13.2 Å². The van der Waals surface area contributed by atoms with Crippen LogP contribution in [0.3, 0.4) is 0 Å². The van der Waals surface area contributed by atoms with Crippen LogP contribution in [0.15, 0.2) is 48.5 Å². The maximum absolute atomic E-state index is 12.5. The van der Waals surface area contributed by atoms with Gasteiger partial charge in [-0.1, -0.05) is 6.07 Å². The predicted octanol–water partition coefficient (Wildman–Crippen LogP) is 3.89. The van der Waals surface area contributed by atoms with Gasteiger partial charge in [0.1, 0.15) is 0 Å². The highest BCUT2D eigenvalue weighted by Crippen LogP contribution is 2.30. The third-order valence-electron chi connectivity index (χ3n) is 3.96. The number of carbonyl (C=O) groups excluding carboxylic acids is 1. The van der Waals surface area contributed by atoms with Gasteiger partial charge in [-0.15, -0.1) is 0 Å². The molecule has 27 heavy (non-hydrogen) atoms. The average molecular weight is 399 g/mol. The predicted molar refractivity (Wildman–Crippen MR) is 96.3 cm³/mol. The standard InChI is InChI=1S/C17H16F3N3O3S/c18-17(19,20)12-5-7-13(8-6-12)21-16(24)22-14-3-1-4-15(11-14)23-9-2-10-27(23,25)26/h1,3-8,11H,2,9-10H2,(H2,21,22,24). The Kier molecular flexibility index (Phi) is 5.01. The molecule has 1 saturated heterocycles. The van der Waals surface area contributed by atoms with Crippen molar-refractivity contribution in [1.82, 2.24) is 0 Å². The molecule has 10 heteroatoms. The van der Waals surface area contributed by atoms with Gasteiger partial charge in [0, 0.05) is 17.9 Å². The zero-order valence-corrected chi connectivity index (χ0v) is 14.8. The van der Waals surface area contributed by atoms with Crippen molar-refractivity contribution < 1.29 is 26.4 Å². The molecule has 3 rings (SSSR count). The Balaban J connectivity index is 1.67. The topological polar surface area (TPSA) is 78.5 Å². The summed E-state index contributed by atoms with van der Waals surface area (Å²) in [5.41, 5.74) is 0.186. The van der Waals surface area contributed by atoms with Crippen molar-refractivity contribution in [2.75, 3.05) is 27.2 Å². The molecule has 0 saturated carbocycles. The molecule has 2 aromatic rings. The summed E-state index contributed by atoms with van der Waals surface area (Å²) in [6, 6.07) is 9.72. The first-order valence-electron chi connectivity index (χ1n) is 8.01. The molecular formula is C17H16F3N3O3S. The maximum Gasteiger partial charge on any atom is 0.416 e. The van der Waals surface area contributed by atoms with E-state index < -0.39 is 27.8 Å². The van der Waals surface area contributed by atoms with Crippen LogP contribution in [0.1, 0.15) is 12.0 Å². The first kappa shape index (κ1) is 19.0. The maximum atomic E-state index is 12.5. The van der Waals surface area contributed by atoms with Crippen LogP contribution in [0.25, 0.3) is 0 Å². The third-order valence-corrected chi connectivity index (χ3v) is 5.83. The number of urea groups is 1. The van der Waals surface area contributed by atoms with Gasteiger partial charge in [0.05, 0.1) is 17.0 Å². The molecule has 1 aliphatic heterocycles. The molecule has 0 bridgehead atoms. The van der Waals surface area contributed by atoms with Crippen LogP contribution in [-0.4, -0.2) is 26.7 Å². The van der Waals surface area contributed by atoms with Crippen LogP contribution in [0, 0.1) is 0 Å². The largest absolute Gasteiger partial charge is 0.416 e. The number of alkyl halides is 3. The van der Waals surface area contributed by atoms with E-state index in [1.54, 1.807) is 18.2 Å². The second-order valence-corrected chi connectivity index (χ2v) is 7.96. The Labute approximate surface area is 154 Å². The van der Waals surface area contributed by atoms with E-state index in [4.69, 9.17) is 0 Å². The van der Waals surface area contributed by atoms with Crippen LogP contribution < -0.4 is 14.9 Å². The number of halogens is 3. The minimum Gasteiger partial charge on any atom is -0.308 e. The number of hydrogen-bond acceptors (Lipinski definition) is 3. The Bertz CT molecular complexity index is 944. The first-order chi connectivity index (χ1) is 12.6. The van der Waals surface area contributed by atoms with Gasteiger partial charge in [-0.3, -0.25) is 4.31 Å². The molecule has 0 atom stereocenters. The fourth-order valence-electron chi connectivity index (χ4n) is 2.70. The van der Waals surface area contributed by atoms with E-state index >= 15 is 0 Å². The number of nitrogens with zero attached hydrogens (tertiary/aromatic N) is 1. The lowest BCUT2D eigenvalue weighted by Gasteiger charge is -2.18. The Morgan fingerprint density at radius 3 is 2.26 bits per heavy atom. The summed E-state index contributed by atoms with van der Waals surface area (Å²) in [5.74, 6) is 0.0824. The van der Waals surface area contributed by atoms with E-state index in [-0.39, 0.29) is 11.4 Å². The first-order valence-corrected chi connectivity index (χ1v) is 9.62. The minimum absolute atomic E-state index is 0.0824. The number of hydrogen-bond donors (Lipinski definition) is 2. The van der Waals surface area contributed by atoms with Crippen LogP contribution >= 0.6 is 0 Å². The number of benzene rings is 2. The quantitative estimate of drug-likeness (QED) is 0.822. The second-order valence-electron chi connectivity index (χ2n) is 5.95. The van der Waals surface area contributed by atoms with E-state index in [2.05, 4.69) is 10.6 Å². The highest BCUT2D eigenvalue weighted by atomic mass is 32.2. The Hall–Kier alpha value is -2.75. The molecule has 0 spiro atoms. The van der Waals surface area contributed by atoms with Gasteiger partial charge in [0.25, 0.3) is 0 Å². The molecule has 144 valence electrons. The molecular weight excluding hydrogens is 383 g/mol. The number of sulfonamides is 1. The molecule has 1 aliphatic rings. The molecule has 2 N–H and O–H groups in total. The smallest absolute Gasteiger partial charge is 0.308 e. The summed E-state index contributed by atoms with van der Waals surface area (Å²) < 4.78 is 62.9. The van der Waals surface area contributed by atoms with Crippen LogP contribution in [0.2, 0.25) is 0 Å². The Morgan fingerprint density at radius 1 is 1.00 bits per heavy atom. The molecule has 0 aromatic heterocycles. The average Bonchev–Trinajstić information content (AvgIpc) is 2.94. The number of carbonyl (C=O) groups is 1. The van der Waals surface area contributed by atoms with E-state index in [0.29, 0.717) is 24.3 Å². The zero-order valence-electron chi connectivity index (χ0n) is 14.0. The van der Waals surface area contributed by atoms with Gasteiger partial charge in [-0.05, 0) is 48.9 Å². The van der Waals surface area contributed by atoms with Gasteiger partial charge in [0.15, 0.2) is 0 Å². The lowest BCUT2D eigenvalue weighted by atomic mass is 10.2. The molecule has 0 aliphatic carbocycles. The summed E-state index contributed by atoms with van der Waals surface area (Å²) >= 11 is 0. The lowest BCUT2D eigenvalue weighted by Crippen LogP contribution is -2.25. The van der Waals surface area contributed by atoms with E-state index in [0.717, 1.165) is 24.3 Å². The molecule has 0 radical (unpaired) electrons. The highest BCUT2D eigenvalue weighted by molar-refractivity contribution is 7.93. The zero-order chi connectivity index (χ0) is 19.7. The monoisotopic (exact) mass is 399 g/mol. The molecule has 2 amide bonds. The summed E-state index contributed by atoms with van der Waals surface area (Å²) in [6.45, 7) is 0.379. The minimum atomic E-state index is -4.45. The highest BCUT2D eigenvalue weighted by Gasteiger charge is 2.30. The fourth-order valence-corrected chi connectivity index (χ4v) is 4.26. The van der Waals surface area contributed by atoms with Crippen molar-refractivity contribution in [1.29, 1.82) is 0 Å². The fraction of sp³-hybridized carbons (Fsp3) is 0.235. The second kappa shape index (κ2) is 7.10. The molecule has 1 fully saturated rings. The van der Waals surface area contributed by atoms with E-state index in [9.17, 15) is 26.4 Å². The third kappa shape index (κ3) is 4.51. The number of amides is 2. The molecule has 1 heterocycles. The lowest BCUT2D eigenvalue weighted by molar-refractivity contribution is -0.137. The van der Waals surface area contributed by atoms with Crippen molar-refractivity contribution in [3.05, 3.63) is 54.1 Å². The normalized spacial score (nSPS) is 16.2. The van der Waals surface area contributed by atoms with E-state index in [1.807, 2.05) is 0 Å². The number of anilines is 3. The summed E-state index contributed by atoms with van der Waals surface area (Å²) in [6.07, 6.45) is -3.91. The van der Waals surface area contributed by atoms with Crippen molar-refractivity contribution in [3.63, 3.8) is 0 Å². The van der Waals surface area contributed by atoms with Gasteiger partial charge in [0.2, 0.25) is 10.0 Å². The molecule has 6 nitrogen and oxygen atoms in total. The summed E-state index contributed by atoms with van der Waals surface area (Å²) in [4.78, 5) is 12.0. The van der Waals surface area contributed by atoms with Crippen LogP contribution in [-0.2, 0) is 16.2 Å². The number of nitrogens with one attached hydrogen (secondary N) is 2. The van der Waals surface area contributed by atoms with Gasteiger partial charge < -0.3 is 10.6 Å². The van der Waals surface area contributed by atoms with Crippen LogP contribution in [0.5, 0.6) is 0 Å². The van der Waals surface area contributed by atoms with Crippen molar-refractivity contribution in [2.45, 2.75) is 12.6 Å². The SMILES string of the molecule is O=C(Nc1ccc(C(F)(F)F)cc1)Nc1cccc(N2CCCS2(=O)=O)c1. The van der Waals surface area contributed by atoms with E-state index in [1.165, 1.54) is 10.4 Å².